The van der Waals surface area contributed by atoms with Crippen LogP contribution < -0.4 is 5.56 Å². The lowest BCUT2D eigenvalue weighted by atomic mass is 10.1. The molecule has 0 fully saturated rings. The fourth-order valence-electron chi connectivity index (χ4n) is 2.29. The van der Waals surface area contributed by atoms with Crippen LogP contribution in [0.4, 0.5) is 0 Å². The second-order valence-electron chi connectivity index (χ2n) is 5.21. The van der Waals surface area contributed by atoms with Crippen molar-refractivity contribution in [3.63, 3.8) is 0 Å². The minimum atomic E-state index is -0.417. The van der Waals surface area contributed by atoms with Gasteiger partial charge in [0.15, 0.2) is 5.76 Å². The van der Waals surface area contributed by atoms with E-state index in [1.165, 1.54) is 4.68 Å². The van der Waals surface area contributed by atoms with Crippen molar-refractivity contribution in [3.8, 4) is 17.4 Å². The van der Waals surface area contributed by atoms with Crippen LogP contribution >= 0.6 is 0 Å². The van der Waals surface area contributed by atoms with Gasteiger partial charge in [-0.2, -0.15) is 10.4 Å². The lowest BCUT2D eigenvalue weighted by Gasteiger charge is -2.06. The Hall–Kier alpha value is -3.20. The maximum atomic E-state index is 12.3. The lowest BCUT2D eigenvalue weighted by Crippen LogP contribution is -2.28. The molecule has 0 amide bonds. The van der Waals surface area contributed by atoms with Gasteiger partial charge in [-0.05, 0) is 19.4 Å². The minimum Gasteiger partial charge on any atom is -0.356 e. The van der Waals surface area contributed by atoms with Crippen LogP contribution in [0.5, 0.6) is 0 Å². The molecule has 23 heavy (non-hydrogen) atoms. The third-order valence-corrected chi connectivity index (χ3v) is 3.68. The van der Waals surface area contributed by atoms with E-state index in [1.54, 1.807) is 19.9 Å². The molecule has 0 bridgehead atoms. The van der Waals surface area contributed by atoms with E-state index in [-0.39, 0.29) is 12.1 Å². The monoisotopic (exact) mass is 306 g/mol. The van der Waals surface area contributed by atoms with Crippen LogP contribution in [0, 0.1) is 25.2 Å². The number of aromatic nitrogens is 3. The van der Waals surface area contributed by atoms with Crippen LogP contribution in [0.3, 0.4) is 0 Å². The highest BCUT2D eigenvalue weighted by molar-refractivity contribution is 5.56. The highest BCUT2D eigenvalue weighted by Crippen LogP contribution is 2.19. The van der Waals surface area contributed by atoms with Crippen molar-refractivity contribution in [2.45, 2.75) is 20.4 Å². The molecule has 2 heterocycles. The summed E-state index contributed by atoms with van der Waals surface area (Å²) in [5.74, 6) is 0.623. The molecule has 0 aliphatic carbocycles. The number of hydrogen-bond donors (Lipinski definition) is 0. The molecular weight excluding hydrogens is 292 g/mol. The Bertz CT molecular complexity index is 949. The molecule has 1 aromatic carbocycles. The smallest absolute Gasteiger partial charge is 0.285 e. The first-order valence-corrected chi connectivity index (χ1v) is 7.09. The molecule has 6 heteroatoms. The van der Waals surface area contributed by atoms with Crippen LogP contribution in [-0.2, 0) is 6.54 Å². The van der Waals surface area contributed by atoms with Gasteiger partial charge in [-0.3, -0.25) is 4.79 Å². The number of nitrogens with zero attached hydrogens (tertiary/aromatic N) is 4. The quantitative estimate of drug-likeness (QED) is 0.742. The summed E-state index contributed by atoms with van der Waals surface area (Å²) < 4.78 is 6.56. The maximum absolute atomic E-state index is 12.3. The zero-order valence-corrected chi connectivity index (χ0v) is 12.8. The van der Waals surface area contributed by atoms with Gasteiger partial charge < -0.3 is 4.52 Å². The summed E-state index contributed by atoms with van der Waals surface area (Å²) in [5.41, 5.74) is 2.44. The van der Waals surface area contributed by atoms with E-state index >= 15 is 0 Å². The van der Waals surface area contributed by atoms with Crippen molar-refractivity contribution in [3.05, 3.63) is 69.3 Å². The second kappa shape index (κ2) is 5.89. The van der Waals surface area contributed by atoms with Gasteiger partial charge in [0.25, 0.3) is 5.56 Å². The van der Waals surface area contributed by atoms with Gasteiger partial charge in [-0.25, -0.2) is 4.68 Å². The van der Waals surface area contributed by atoms with Gasteiger partial charge >= 0.3 is 0 Å². The zero-order valence-electron chi connectivity index (χ0n) is 12.8. The Morgan fingerprint density at radius 3 is 2.70 bits per heavy atom. The average Bonchev–Trinajstić information content (AvgIpc) is 3.03. The van der Waals surface area contributed by atoms with Crippen molar-refractivity contribution in [2.75, 3.05) is 0 Å². The first-order chi connectivity index (χ1) is 11.1. The van der Waals surface area contributed by atoms with Gasteiger partial charge in [-0.15, -0.1) is 0 Å². The van der Waals surface area contributed by atoms with E-state index < -0.39 is 5.56 Å². The topological polar surface area (TPSA) is 84.7 Å². The fourth-order valence-corrected chi connectivity index (χ4v) is 2.29. The molecule has 2 aromatic heterocycles. The highest BCUT2D eigenvalue weighted by Gasteiger charge is 2.14. The van der Waals surface area contributed by atoms with E-state index in [9.17, 15) is 4.79 Å². The molecule has 0 N–H and O–H groups in total. The standard InChI is InChI=1S/C17H14N4O2/c1-11-12(2)19-21(17(22)15(11)9-18)10-14-8-16(23-20-14)13-6-4-3-5-7-13/h3-8H,10H2,1-2H3. The normalized spacial score (nSPS) is 10.5. The predicted octanol–water partition coefficient (Wildman–Crippen LogP) is 2.44. The summed E-state index contributed by atoms with van der Waals surface area (Å²) in [6.45, 7) is 3.64. The molecule has 114 valence electrons. The second-order valence-corrected chi connectivity index (χ2v) is 5.21. The van der Waals surface area contributed by atoms with Gasteiger partial charge in [-0.1, -0.05) is 35.5 Å². The van der Waals surface area contributed by atoms with Crippen LogP contribution in [-0.4, -0.2) is 14.9 Å². The molecule has 0 atom stereocenters. The highest BCUT2D eigenvalue weighted by atomic mass is 16.5. The molecular formula is C17H14N4O2. The van der Waals surface area contributed by atoms with Gasteiger partial charge in [0.1, 0.15) is 17.3 Å². The Labute approximate surface area is 132 Å². The number of nitriles is 1. The fraction of sp³-hybridized carbons (Fsp3) is 0.176. The number of benzene rings is 1. The first-order valence-electron chi connectivity index (χ1n) is 7.09. The molecule has 0 saturated heterocycles. The van der Waals surface area contributed by atoms with E-state index in [2.05, 4.69) is 10.3 Å². The van der Waals surface area contributed by atoms with E-state index in [0.29, 0.717) is 22.7 Å². The van der Waals surface area contributed by atoms with Gasteiger partial charge in [0.05, 0.1) is 12.2 Å². The van der Waals surface area contributed by atoms with Crippen molar-refractivity contribution in [1.82, 2.24) is 14.9 Å². The lowest BCUT2D eigenvalue weighted by molar-refractivity contribution is 0.418. The molecule has 6 nitrogen and oxygen atoms in total. The molecule has 3 rings (SSSR count). The molecule has 0 unspecified atom stereocenters. The Kier molecular flexibility index (Phi) is 3.77. The Morgan fingerprint density at radius 1 is 1.26 bits per heavy atom. The maximum Gasteiger partial charge on any atom is 0.285 e. The van der Waals surface area contributed by atoms with Crippen molar-refractivity contribution >= 4 is 0 Å². The van der Waals surface area contributed by atoms with Gasteiger partial charge in [0, 0.05) is 11.6 Å². The molecule has 0 spiro atoms. The molecule has 0 saturated carbocycles. The summed E-state index contributed by atoms with van der Waals surface area (Å²) in [7, 11) is 0. The van der Waals surface area contributed by atoms with E-state index in [4.69, 9.17) is 9.78 Å². The van der Waals surface area contributed by atoms with Crippen LogP contribution in [0.25, 0.3) is 11.3 Å². The summed E-state index contributed by atoms with van der Waals surface area (Å²) in [5, 5.41) is 17.4. The van der Waals surface area contributed by atoms with Crippen LogP contribution in [0.1, 0.15) is 22.5 Å². The van der Waals surface area contributed by atoms with E-state index in [0.717, 1.165) is 5.56 Å². The molecule has 3 aromatic rings. The summed E-state index contributed by atoms with van der Waals surface area (Å²) >= 11 is 0. The summed E-state index contributed by atoms with van der Waals surface area (Å²) in [6.07, 6.45) is 0. The average molecular weight is 306 g/mol. The van der Waals surface area contributed by atoms with Gasteiger partial charge in [0.2, 0.25) is 0 Å². The first kappa shape index (κ1) is 14.7. The third-order valence-electron chi connectivity index (χ3n) is 3.68. The van der Waals surface area contributed by atoms with Crippen molar-refractivity contribution in [2.24, 2.45) is 0 Å². The summed E-state index contributed by atoms with van der Waals surface area (Å²) in [6, 6.07) is 13.3. The largest absolute Gasteiger partial charge is 0.356 e. The van der Waals surface area contributed by atoms with Crippen molar-refractivity contribution in [1.29, 1.82) is 5.26 Å². The summed E-state index contributed by atoms with van der Waals surface area (Å²) in [4.78, 5) is 12.3. The third kappa shape index (κ3) is 2.77. The van der Waals surface area contributed by atoms with Crippen LogP contribution in [0.15, 0.2) is 45.7 Å². The van der Waals surface area contributed by atoms with Crippen molar-refractivity contribution < 1.29 is 4.52 Å². The van der Waals surface area contributed by atoms with Crippen LogP contribution in [0.2, 0.25) is 0 Å². The SMILES string of the molecule is Cc1nn(Cc2cc(-c3ccccc3)on2)c(=O)c(C#N)c1C. The zero-order chi connectivity index (χ0) is 16.4. The predicted molar refractivity (Wildman–Crippen MR) is 83.7 cm³/mol. The Morgan fingerprint density at radius 2 is 2.00 bits per heavy atom. The molecule has 0 aliphatic heterocycles. The molecule has 0 aliphatic rings. The molecule has 0 radical (unpaired) electrons. The number of aryl methyl sites for hydroxylation is 1. The van der Waals surface area contributed by atoms with E-state index in [1.807, 2.05) is 36.4 Å². The Balaban J connectivity index is 1.95. The number of rotatable bonds is 3. The minimum absolute atomic E-state index is 0.115. The number of hydrogen-bond acceptors (Lipinski definition) is 5.